The van der Waals surface area contributed by atoms with Crippen molar-refractivity contribution < 1.29 is 4.79 Å². The van der Waals surface area contributed by atoms with Crippen molar-refractivity contribution in [1.82, 2.24) is 10.2 Å². The Labute approximate surface area is 158 Å². The minimum Gasteiger partial charge on any atom is -0.358 e. The molecule has 3 nitrogen and oxygen atoms in total. The Morgan fingerprint density at radius 2 is 1.91 bits per heavy atom. The fourth-order valence-corrected chi connectivity index (χ4v) is 4.17. The van der Waals surface area contributed by atoms with Gasteiger partial charge in [-0.3, -0.25) is 4.79 Å². The summed E-state index contributed by atoms with van der Waals surface area (Å²) >= 11 is 18.9. The topological polar surface area (TPSA) is 32.3 Å². The standard InChI is InChI=1S/C16H22Cl2N2OS2/c1-5-20(6-2)16(22)23-11(4)15(21)19-10(3)13-8-7-12(17)9-14(13)18/h7-11H,5-6H2,1-4H3,(H,19,21)/t10-,11+/m0/s1. The van der Waals surface area contributed by atoms with Gasteiger partial charge in [0.05, 0.1) is 11.3 Å². The number of amides is 1. The maximum Gasteiger partial charge on any atom is 0.233 e. The van der Waals surface area contributed by atoms with Crippen molar-refractivity contribution in [2.24, 2.45) is 0 Å². The smallest absolute Gasteiger partial charge is 0.233 e. The Balaban J connectivity index is 2.65. The molecular weight excluding hydrogens is 371 g/mol. The number of rotatable bonds is 6. The summed E-state index contributed by atoms with van der Waals surface area (Å²) in [5.41, 5.74) is 0.841. The SMILES string of the molecule is CCN(CC)C(=S)S[C@H](C)C(=O)N[C@@H](C)c1ccc(Cl)cc1Cl. The lowest BCUT2D eigenvalue weighted by molar-refractivity contribution is -0.120. The summed E-state index contributed by atoms with van der Waals surface area (Å²) in [6.07, 6.45) is 0. The number of halogens is 2. The second kappa shape index (κ2) is 9.72. The van der Waals surface area contributed by atoms with Gasteiger partial charge in [-0.1, -0.05) is 53.2 Å². The third-order valence-electron chi connectivity index (χ3n) is 3.46. The fourth-order valence-electron chi connectivity index (χ4n) is 2.02. The van der Waals surface area contributed by atoms with E-state index in [4.69, 9.17) is 35.4 Å². The molecule has 0 aliphatic rings. The Hall–Kier alpha value is -0.490. The molecule has 1 aromatic rings. The van der Waals surface area contributed by atoms with Crippen molar-refractivity contribution >= 4 is 57.4 Å². The van der Waals surface area contributed by atoms with E-state index in [1.54, 1.807) is 12.1 Å². The lowest BCUT2D eigenvalue weighted by atomic mass is 10.1. The first-order valence-corrected chi connectivity index (χ1v) is 9.55. The van der Waals surface area contributed by atoms with Crippen LogP contribution in [0.15, 0.2) is 18.2 Å². The molecule has 0 aliphatic heterocycles. The summed E-state index contributed by atoms with van der Waals surface area (Å²) < 4.78 is 0.745. The molecule has 0 unspecified atom stereocenters. The van der Waals surface area contributed by atoms with E-state index in [0.717, 1.165) is 23.0 Å². The van der Waals surface area contributed by atoms with Gasteiger partial charge < -0.3 is 10.2 Å². The van der Waals surface area contributed by atoms with E-state index in [0.29, 0.717) is 10.0 Å². The molecule has 0 radical (unpaired) electrons. The normalized spacial score (nSPS) is 13.3. The van der Waals surface area contributed by atoms with Crippen molar-refractivity contribution in [3.63, 3.8) is 0 Å². The number of nitrogens with zero attached hydrogens (tertiary/aromatic N) is 1. The molecule has 1 aromatic carbocycles. The summed E-state index contributed by atoms with van der Waals surface area (Å²) in [6.45, 7) is 9.53. The second-order valence-corrected chi connectivity index (χ2v) is 7.91. The predicted octanol–water partition coefficient (Wildman–Crippen LogP) is 4.92. The molecular formula is C16H22Cl2N2OS2. The van der Waals surface area contributed by atoms with Gasteiger partial charge in [-0.2, -0.15) is 0 Å². The van der Waals surface area contributed by atoms with Crippen LogP contribution in [0.4, 0.5) is 0 Å². The van der Waals surface area contributed by atoms with Crippen molar-refractivity contribution in [3.05, 3.63) is 33.8 Å². The molecule has 1 rings (SSSR count). The van der Waals surface area contributed by atoms with Crippen molar-refractivity contribution in [2.75, 3.05) is 13.1 Å². The molecule has 0 heterocycles. The highest BCUT2D eigenvalue weighted by Gasteiger charge is 2.21. The number of nitrogens with one attached hydrogen (secondary N) is 1. The Kier molecular flexibility index (Phi) is 8.69. The quantitative estimate of drug-likeness (QED) is 0.696. The van der Waals surface area contributed by atoms with Gasteiger partial charge in [0, 0.05) is 23.1 Å². The maximum absolute atomic E-state index is 12.4. The highest BCUT2D eigenvalue weighted by molar-refractivity contribution is 8.23. The highest BCUT2D eigenvalue weighted by atomic mass is 35.5. The Morgan fingerprint density at radius 1 is 1.30 bits per heavy atom. The largest absolute Gasteiger partial charge is 0.358 e. The average molecular weight is 393 g/mol. The molecule has 1 amide bonds. The van der Waals surface area contributed by atoms with Crippen LogP contribution < -0.4 is 5.32 Å². The van der Waals surface area contributed by atoms with Crippen molar-refractivity contribution in [2.45, 2.75) is 39.0 Å². The molecule has 0 spiro atoms. The van der Waals surface area contributed by atoms with E-state index in [-0.39, 0.29) is 17.2 Å². The summed E-state index contributed by atoms with van der Waals surface area (Å²) in [4.78, 5) is 14.4. The summed E-state index contributed by atoms with van der Waals surface area (Å²) in [7, 11) is 0. The lowest BCUT2D eigenvalue weighted by Crippen LogP contribution is -2.36. The molecule has 1 N–H and O–H groups in total. The van der Waals surface area contributed by atoms with Crippen LogP contribution in [0.3, 0.4) is 0 Å². The maximum atomic E-state index is 12.4. The first-order valence-electron chi connectivity index (χ1n) is 7.51. The van der Waals surface area contributed by atoms with Gasteiger partial charge in [0.25, 0.3) is 0 Å². The number of benzene rings is 1. The van der Waals surface area contributed by atoms with Crippen LogP contribution in [0.1, 0.15) is 39.3 Å². The molecule has 0 aliphatic carbocycles. The van der Waals surface area contributed by atoms with E-state index >= 15 is 0 Å². The van der Waals surface area contributed by atoms with E-state index in [1.807, 2.05) is 33.8 Å². The summed E-state index contributed by atoms with van der Waals surface area (Å²) in [6, 6.07) is 5.07. The van der Waals surface area contributed by atoms with Crippen LogP contribution in [0, 0.1) is 0 Å². The monoisotopic (exact) mass is 392 g/mol. The van der Waals surface area contributed by atoms with E-state index in [2.05, 4.69) is 10.2 Å². The zero-order valence-electron chi connectivity index (χ0n) is 13.7. The average Bonchev–Trinajstić information content (AvgIpc) is 2.47. The van der Waals surface area contributed by atoms with Crippen LogP contribution in [0.2, 0.25) is 10.0 Å². The van der Waals surface area contributed by atoms with Crippen LogP contribution in [-0.4, -0.2) is 33.5 Å². The van der Waals surface area contributed by atoms with Gasteiger partial charge in [-0.15, -0.1) is 0 Å². The van der Waals surface area contributed by atoms with Crippen molar-refractivity contribution in [1.29, 1.82) is 0 Å². The number of thioether (sulfide) groups is 1. The zero-order valence-corrected chi connectivity index (χ0v) is 16.9. The molecule has 0 bridgehead atoms. The van der Waals surface area contributed by atoms with Crippen LogP contribution in [-0.2, 0) is 4.79 Å². The van der Waals surface area contributed by atoms with Gasteiger partial charge >= 0.3 is 0 Å². The minimum atomic E-state index is -0.267. The molecule has 2 atom stereocenters. The van der Waals surface area contributed by atoms with E-state index in [1.165, 1.54) is 11.8 Å². The number of hydrogen-bond acceptors (Lipinski definition) is 3. The first kappa shape index (κ1) is 20.6. The molecule has 7 heteroatoms. The summed E-state index contributed by atoms with van der Waals surface area (Å²) in [5.74, 6) is -0.0666. The van der Waals surface area contributed by atoms with Gasteiger partial charge in [0.2, 0.25) is 5.91 Å². The Morgan fingerprint density at radius 3 is 2.43 bits per heavy atom. The van der Waals surface area contributed by atoms with Crippen LogP contribution in [0.5, 0.6) is 0 Å². The number of carbonyl (C=O) groups excluding carboxylic acids is 1. The molecule has 23 heavy (non-hydrogen) atoms. The second-order valence-electron chi connectivity index (χ2n) is 5.09. The molecule has 0 saturated carbocycles. The number of hydrogen-bond donors (Lipinski definition) is 1. The van der Waals surface area contributed by atoms with Crippen molar-refractivity contribution in [3.8, 4) is 0 Å². The number of thiocarbonyl (C=S) groups is 1. The number of carbonyl (C=O) groups is 1. The first-order chi connectivity index (χ1) is 10.8. The van der Waals surface area contributed by atoms with Gasteiger partial charge in [0.1, 0.15) is 4.32 Å². The fraction of sp³-hybridized carbons (Fsp3) is 0.500. The predicted molar refractivity (Wildman–Crippen MR) is 106 cm³/mol. The molecule has 0 aromatic heterocycles. The third-order valence-corrected chi connectivity index (χ3v) is 5.59. The van der Waals surface area contributed by atoms with Crippen LogP contribution in [0.25, 0.3) is 0 Å². The Bertz CT molecular complexity index is 565. The molecule has 0 saturated heterocycles. The molecule has 128 valence electrons. The van der Waals surface area contributed by atoms with E-state index in [9.17, 15) is 4.79 Å². The minimum absolute atomic E-state index is 0.0666. The van der Waals surface area contributed by atoms with Crippen LogP contribution >= 0.6 is 47.2 Å². The molecule has 0 fully saturated rings. The zero-order chi connectivity index (χ0) is 17.6. The van der Waals surface area contributed by atoms with Gasteiger partial charge in [0.15, 0.2) is 0 Å². The summed E-state index contributed by atoms with van der Waals surface area (Å²) in [5, 5.41) is 3.82. The van der Waals surface area contributed by atoms with Gasteiger partial charge in [-0.25, -0.2) is 0 Å². The lowest BCUT2D eigenvalue weighted by Gasteiger charge is -2.24. The third kappa shape index (κ3) is 6.14. The van der Waals surface area contributed by atoms with Gasteiger partial charge in [-0.05, 0) is 45.4 Å². The van der Waals surface area contributed by atoms with E-state index < -0.39 is 0 Å². The highest BCUT2D eigenvalue weighted by Crippen LogP contribution is 2.26.